The van der Waals surface area contributed by atoms with Gasteiger partial charge in [-0.3, -0.25) is 0 Å². The highest BCUT2D eigenvalue weighted by atomic mass is 15.0. The van der Waals surface area contributed by atoms with Crippen LogP contribution in [0, 0.1) is 11.4 Å². The van der Waals surface area contributed by atoms with Crippen LogP contribution in [0.1, 0.15) is 27.2 Å². The second-order valence-electron chi connectivity index (χ2n) is 3.99. The lowest BCUT2D eigenvalue weighted by Crippen LogP contribution is -1.99. The fraction of sp³-hybridized carbons (Fsp3) is 0.455. The zero-order valence-corrected chi connectivity index (χ0v) is 8.96. The zero-order valence-electron chi connectivity index (χ0n) is 8.96. The van der Waals surface area contributed by atoms with Crippen molar-refractivity contribution in [2.24, 2.45) is 16.8 Å². The van der Waals surface area contributed by atoms with Gasteiger partial charge in [0.05, 0.1) is 0 Å². The van der Waals surface area contributed by atoms with E-state index in [0.29, 0.717) is 23.7 Å². The van der Waals surface area contributed by atoms with Gasteiger partial charge in [0.25, 0.3) is 0 Å². The average molecular weight is 191 g/mol. The monoisotopic (exact) mass is 191 g/mol. The van der Waals surface area contributed by atoms with Gasteiger partial charge in [-0.2, -0.15) is 5.11 Å². The molecule has 3 heteroatoms. The molecule has 1 rings (SSSR count). The minimum atomic E-state index is 0.438. The van der Waals surface area contributed by atoms with E-state index in [1.165, 1.54) is 11.1 Å². The van der Waals surface area contributed by atoms with Gasteiger partial charge in [0, 0.05) is 12.1 Å². The molecule has 0 saturated heterocycles. The van der Waals surface area contributed by atoms with E-state index < -0.39 is 0 Å². The van der Waals surface area contributed by atoms with Crippen LogP contribution in [0.4, 0.5) is 0 Å². The van der Waals surface area contributed by atoms with Crippen LogP contribution < -0.4 is 5.73 Å². The smallest absolute Gasteiger partial charge is 0.104 e. The second kappa shape index (κ2) is 4.22. The molecule has 0 amide bonds. The molecule has 3 N–H and O–H groups in total. The minimum Gasteiger partial charge on any atom is -0.400 e. The molecule has 3 nitrogen and oxygen atoms in total. The maximum atomic E-state index is 7.04. The van der Waals surface area contributed by atoms with E-state index in [1.54, 1.807) is 0 Å². The van der Waals surface area contributed by atoms with Crippen LogP contribution >= 0.6 is 0 Å². The highest BCUT2D eigenvalue weighted by Crippen LogP contribution is 2.24. The van der Waals surface area contributed by atoms with Crippen molar-refractivity contribution in [2.75, 3.05) is 0 Å². The molecule has 0 unspecified atom stereocenters. The maximum absolute atomic E-state index is 7.04. The van der Waals surface area contributed by atoms with Gasteiger partial charge in [-0.25, -0.2) is 5.53 Å². The molecule has 0 aliphatic heterocycles. The summed E-state index contributed by atoms with van der Waals surface area (Å²) >= 11 is 0. The second-order valence-corrected chi connectivity index (χ2v) is 3.99. The summed E-state index contributed by atoms with van der Waals surface area (Å²) in [4.78, 5) is 0. The largest absolute Gasteiger partial charge is 0.400 e. The normalized spacial score (nSPS) is 17.7. The molecule has 1 aliphatic rings. The Morgan fingerprint density at radius 3 is 2.57 bits per heavy atom. The third-order valence-electron chi connectivity index (χ3n) is 2.30. The van der Waals surface area contributed by atoms with Crippen molar-refractivity contribution in [2.45, 2.75) is 27.2 Å². The molecule has 14 heavy (non-hydrogen) atoms. The van der Waals surface area contributed by atoms with Crippen LogP contribution in [-0.4, -0.2) is 0 Å². The molecule has 0 aromatic heterocycles. The van der Waals surface area contributed by atoms with E-state index in [-0.39, 0.29) is 0 Å². The van der Waals surface area contributed by atoms with Crippen LogP contribution in [0.5, 0.6) is 0 Å². The van der Waals surface area contributed by atoms with E-state index in [9.17, 15) is 0 Å². The van der Waals surface area contributed by atoms with Gasteiger partial charge in [-0.15, -0.1) is 0 Å². The van der Waals surface area contributed by atoms with E-state index in [0.717, 1.165) is 0 Å². The summed E-state index contributed by atoms with van der Waals surface area (Å²) in [7, 11) is 0. The summed E-state index contributed by atoms with van der Waals surface area (Å²) in [6, 6.07) is 0. The van der Waals surface area contributed by atoms with E-state index in [2.05, 4.69) is 32.0 Å². The molecule has 0 fully saturated rings. The van der Waals surface area contributed by atoms with Crippen molar-refractivity contribution in [3.05, 3.63) is 34.7 Å². The summed E-state index contributed by atoms with van der Waals surface area (Å²) in [6.45, 7) is 6.30. The number of allylic oxidation sites excluding steroid dienone is 4. The predicted molar refractivity (Wildman–Crippen MR) is 57.7 cm³/mol. The number of hydrogen-bond donors (Lipinski definition) is 2. The summed E-state index contributed by atoms with van der Waals surface area (Å²) < 4.78 is 0. The van der Waals surface area contributed by atoms with Crippen LogP contribution in [0.2, 0.25) is 0 Å². The maximum Gasteiger partial charge on any atom is 0.104 e. The minimum absolute atomic E-state index is 0.438. The Morgan fingerprint density at radius 1 is 1.43 bits per heavy atom. The van der Waals surface area contributed by atoms with Gasteiger partial charge >= 0.3 is 0 Å². The standard InChI is InChI=1S/C11H17N3/c1-7(2)9-4-8(3)5-10(12)11(6-9)14-13/h4,6-7,13H,5,12H2,1-3H3. The first kappa shape index (κ1) is 10.7. The number of nitrogens with two attached hydrogens (primary N) is 1. The average Bonchev–Trinajstić information content (AvgIpc) is 2.23. The summed E-state index contributed by atoms with van der Waals surface area (Å²) in [6.07, 6.45) is 4.75. The van der Waals surface area contributed by atoms with Gasteiger partial charge in [0.15, 0.2) is 0 Å². The lowest BCUT2D eigenvalue weighted by molar-refractivity contribution is 0.788. The Hall–Kier alpha value is -1.38. The number of nitrogens with zero attached hydrogens (tertiary/aromatic N) is 1. The highest BCUT2D eigenvalue weighted by molar-refractivity contribution is 5.39. The molecule has 0 spiro atoms. The summed E-state index contributed by atoms with van der Waals surface area (Å²) in [5.41, 5.74) is 16.6. The lowest BCUT2D eigenvalue weighted by Gasteiger charge is -2.05. The third-order valence-corrected chi connectivity index (χ3v) is 2.30. The molecular formula is C11H17N3. The fourth-order valence-corrected chi connectivity index (χ4v) is 1.46. The predicted octanol–water partition coefficient (Wildman–Crippen LogP) is 3.12. The van der Waals surface area contributed by atoms with Crippen molar-refractivity contribution < 1.29 is 0 Å². The molecule has 0 aromatic rings. The fourth-order valence-electron chi connectivity index (χ4n) is 1.46. The number of rotatable bonds is 2. The first-order valence-electron chi connectivity index (χ1n) is 4.79. The first-order valence-corrected chi connectivity index (χ1v) is 4.79. The van der Waals surface area contributed by atoms with Gasteiger partial charge in [0.2, 0.25) is 0 Å². The van der Waals surface area contributed by atoms with Crippen molar-refractivity contribution >= 4 is 0 Å². The molecule has 0 aromatic carbocycles. The Labute approximate surface area is 84.9 Å². The highest BCUT2D eigenvalue weighted by Gasteiger charge is 2.10. The van der Waals surface area contributed by atoms with Crippen molar-refractivity contribution in [1.82, 2.24) is 0 Å². The molecular weight excluding hydrogens is 174 g/mol. The SMILES string of the molecule is CC1=CC(C(C)C)=CC(N=N)=C(N)C1. The van der Waals surface area contributed by atoms with Gasteiger partial charge in [0.1, 0.15) is 5.70 Å². The van der Waals surface area contributed by atoms with Crippen LogP contribution in [-0.2, 0) is 0 Å². The molecule has 76 valence electrons. The third kappa shape index (κ3) is 2.31. The zero-order chi connectivity index (χ0) is 10.7. The van der Waals surface area contributed by atoms with E-state index in [4.69, 9.17) is 11.3 Å². The van der Waals surface area contributed by atoms with E-state index >= 15 is 0 Å². The Morgan fingerprint density at radius 2 is 2.07 bits per heavy atom. The molecule has 0 radical (unpaired) electrons. The molecule has 0 heterocycles. The Bertz CT molecular complexity index is 332. The Kier molecular flexibility index (Phi) is 3.23. The van der Waals surface area contributed by atoms with Gasteiger partial charge in [-0.1, -0.05) is 25.5 Å². The van der Waals surface area contributed by atoms with E-state index in [1.807, 2.05) is 6.08 Å². The quantitative estimate of drug-likeness (QED) is 0.647. The van der Waals surface area contributed by atoms with Gasteiger partial charge in [-0.05, 0) is 24.5 Å². The molecule has 1 aliphatic carbocycles. The van der Waals surface area contributed by atoms with Crippen molar-refractivity contribution in [1.29, 1.82) is 5.53 Å². The molecule has 0 bridgehead atoms. The first-order chi connectivity index (χ1) is 6.54. The van der Waals surface area contributed by atoms with Crippen molar-refractivity contribution in [3.63, 3.8) is 0 Å². The van der Waals surface area contributed by atoms with Crippen molar-refractivity contribution in [3.8, 4) is 0 Å². The Balaban J connectivity index is 3.16. The lowest BCUT2D eigenvalue weighted by atomic mass is 10.0. The van der Waals surface area contributed by atoms with Gasteiger partial charge < -0.3 is 5.73 Å². The summed E-state index contributed by atoms with van der Waals surface area (Å²) in [5, 5.41) is 3.45. The summed E-state index contributed by atoms with van der Waals surface area (Å²) in [5.74, 6) is 0.438. The topological polar surface area (TPSA) is 62.2 Å². The van der Waals surface area contributed by atoms with Crippen LogP contribution in [0.15, 0.2) is 39.8 Å². The molecule has 0 atom stereocenters. The van der Waals surface area contributed by atoms with Crippen LogP contribution in [0.3, 0.4) is 0 Å². The molecule has 0 saturated carbocycles. The number of nitrogens with one attached hydrogen (secondary N) is 1. The number of hydrogen-bond acceptors (Lipinski definition) is 3. The van der Waals surface area contributed by atoms with Crippen LogP contribution in [0.25, 0.3) is 0 Å².